The van der Waals surface area contributed by atoms with Gasteiger partial charge in [-0.1, -0.05) is 0 Å². The van der Waals surface area contributed by atoms with Gasteiger partial charge < -0.3 is 11.1 Å². The summed E-state index contributed by atoms with van der Waals surface area (Å²) in [4.78, 5) is 4.32. The van der Waals surface area contributed by atoms with Crippen LogP contribution in [-0.2, 0) is 0 Å². The fourth-order valence-corrected chi connectivity index (χ4v) is 2.12. The van der Waals surface area contributed by atoms with Crippen LogP contribution in [0.25, 0.3) is 10.9 Å². The average Bonchev–Trinajstić information content (AvgIpc) is 2.22. The third-order valence-corrected chi connectivity index (χ3v) is 2.96. The topological polar surface area (TPSA) is 50.9 Å². The lowest BCUT2D eigenvalue weighted by Crippen LogP contribution is -2.12. The van der Waals surface area contributed by atoms with Crippen LogP contribution in [0.2, 0.25) is 0 Å². The van der Waals surface area contributed by atoms with Gasteiger partial charge in [0.25, 0.3) is 0 Å². The molecule has 0 saturated carbocycles. The lowest BCUT2D eigenvalue weighted by molar-refractivity contribution is 0.902. The van der Waals surface area contributed by atoms with Crippen molar-refractivity contribution in [1.82, 2.24) is 4.98 Å². The van der Waals surface area contributed by atoms with E-state index in [1.807, 2.05) is 12.1 Å². The Morgan fingerprint density at radius 2 is 2.12 bits per heavy atom. The number of halogens is 1. The highest BCUT2D eigenvalue weighted by molar-refractivity contribution is 14.1. The van der Waals surface area contributed by atoms with Gasteiger partial charge in [0.15, 0.2) is 0 Å². The van der Waals surface area contributed by atoms with Crippen molar-refractivity contribution in [1.29, 1.82) is 0 Å². The summed E-state index contributed by atoms with van der Waals surface area (Å²) in [6.45, 7) is 4.19. The van der Waals surface area contributed by atoms with Crippen LogP contribution in [0.15, 0.2) is 24.4 Å². The van der Waals surface area contributed by atoms with Gasteiger partial charge in [0, 0.05) is 15.0 Å². The normalized spacial score (nSPS) is 11.0. The highest BCUT2D eigenvalue weighted by atomic mass is 127. The molecule has 2 rings (SSSR count). The Kier molecular flexibility index (Phi) is 3.18. The van der Waals surface area contributed by atoms with Gasteiger partial charge in [-0.3, -0.25) is 4.98 Å². The van der Waals surface area contributed by atoms with E-state index in [1.54, 1.807) is 6.20 Å². The molecule has 2 aromatic rings. The highest BCUT2D eigenvalue weighted by Gasteiger charge is 2.07. The van der Waals surface area contributed by atoms with Gasteiger partial charge in [-0.05, 0) is 54.6 Å². The summed E-state index contributed by atoms with van der Waals surface area (Å²) in [7, 11) is 0. The molecule has 0 aliphatic rings. The Balaban J connectivity index is 2.67. The van der Waals surface area contributed by atoms with E-state index >= 15 is 0 Å². The van der Waals surface area contributed by atoms with Crippen LogP contribution >= 0.6 is 22.6 Å². The number of fused-ring (bicyclic) bond motifs is 1. The third kappa shape index (κ3) is 2.21. The lowest BCUT2D eigenvalue weighted by atomic mass is 10.1. The number of rotatable bonds is 2. The van der Waals surface area contributed by atoms with Crippen LogP contribution in [0.5, 0.6) is 0 Å². The molecule has 16 heavy (non-hydrogen) atoms. The maximum Gasteiger partial charge on any atom is 0.0743 e. The largest absolute Gasteiger partial charge is 0.396 e. The van der Waals surface area contributed by atoms with Gasteiger partial charge >= 0.3 is 0 Å². The fourth-order valence-electron chi connectivity index (χ4n) is 1.63. The quantitative estimate of drug-likeness (QED) is 0.833. The van der Waals surface area contributed by atoms with E-state index < -0.39 is 0 Å². The Morgan fingerprint density at radius 3 is 2.81 bits per heavy atom. The summed E-state index contributed by atoms with van der Waals surface area (Å²) < 4.78 is 1.18. The Labute approximate surface area is 109 Å². The Morgan fingerprint density at radius 1 is 1.38 bits per heavy atom. The molecule has 3 N–H and O–H groups in total. The number of nitrogen functional groups attached to an aromatic ring is 1. The molecule has 0 atom stereocenters. The highest BCUT2D eigenvalue weighted by Crippen LogP contribution is 2.29. The number of pyridine rings is 1. The third-order valence-electron chi connectivity index (χ3n) is 2.29. The predicted molar refractivity (Wildman–Crippen MR) is 77.6 cm³/mol. The van der Waals surface area contributed by atoms with Crippen LogP contribution in [0.3, 0.4) is 0 Å². The number of nitrogens with two attached hydrogens (primary N) is 1. The van der Waals surface area contributed by atoms with Gasteiger partial charge in [0.1, 0.15) is 0 Å². The maximum absolute atomic E-state index is 5.96. The smallest absolute Gasteiger partial charge is 0.0743 e. The molecule has 0 unspecified atom stereocenters. The number of nitrogens with one attached hydrogen (secondary N) is 1. The van der Waals surface area contributed by atoms with E-state index in [4.69, 9.17) is 5.73 Å². The Bertz CT molecular complexity index is 518. The van der Waals surface area contributed by atoms with E-state index in [2.05, 4.69) is 52.8 Å². The number of anilines is 2. The molecule has 1 aromatic carbocycles. The van der Waals surface area contributed by atoms with Gasteiger partial charge in [0.05, 0.1) is 23.1 Å². The molecule has 0 aliphatic heterocycles. The molecule has 3 nitrogen and oxygen atoms in total. The number of hydrogen-bond donors (Lipinski definition) is 2. The molecular formula is C12H14IN3. The molecule has 0 fully saturated rings. The molecule has 0 saturated heterocycles. The van der Waals surface area contributed by atoms with Crippen molar-refractivity contribution in [3.8, 4) is 0 Å². The van der Waals surface area contributed by atoms with Crippen molar-refractivity contribution < 1.29 is 0 Å². The van der Waals surface area contributed by atoms with Crippen molar-refractivity contribution >= 4 is 44.9 Å². The molecule has 1 heterocycles. The number of benzene rings is 1. The summed E-state index contributed by atoms with van der Waals surface area (Å²) in [6.07, 6.45) is 1.71. The van der Waals surface area contributed by atoms with Crippen molar-refractivity contribution in [2.45, 2.75) is 19.9 Å². The van der Waals surface area contributed by atoms with Crippen LogP contribution < -0.4 is 11.1 Å². The van der Waals surface area contributed by atoms with Crippen LogP contribution in [-0.4, -0.2) is 11.0 Å². The first-order chi connectivity index (χ1) is 7.58. The number of hydrogen-bond acceptors (Lipinski definition) is 3. The minimum Gasteiger partial charge on any atom is -0.396 e. The van der Waals surface area contributed by atoms with Crippen LogP contribution in [0.4, 0.5) is 11.4 Å². The van der Waals surface area contributed by atoms with Gasteiger partial charge in [-0.25, -0.2) is 0 Å². The number of aromatic nitrogens is 1. The molecule has 0 amide bonds. The van der Waals surface area contributed by atoms with Gasteiger partial charge in [-0.2, -0.15) is 0 Å². The molecule has 0 spiro atoms. The number of nitrogens with zero attached hydrogens (tertiary/aromatic N) is 1. The minimum atomic E-state index is 0.353. The lowest BCUT2D eigenvalue weighted by Gasteiger charge is -2.15. The van der Waals surface area contributed by atoms with Crippen molar-refractivity contribution in [3.05, 3.63) is 28.0 Å². The molecule has 0 radical (unpaired) electrons. The van der Waals surface area contributed by atoms with Crippen LogP contribution in [0.1, 0.15) is 13.8 Å². The predicted octanol–water partition coefficient (Wildman–Crippen LogP) is 3.24. The van der Waals surface area contributed by atoms with Crippen LogP contribution in [0, 0.1) is 3.57 Å². The van der Waals surface area contributed by atoms with E-state index in [-0.39, 0.29) is 0 Å². The first-order valence-electron chi connectivity index (χ1n) is 5.18. The molecular weight excluding hydrogens is 313 g/mol. The zero-order chi connectivity index (χ0) is 11.7. The molecule has 4 heteroatoms. The second-order valence-electron chi connectivity index (χ2n) is 4.05. The summed E-state index contributed by atoms with van der Waals surface area (Å²) in [5.41, 5.74) is 8.61. The summed E-state index contributed by atoms with van der Waals surface area (Å²) in [5, 5.41) is 4.46. The first kappa shape index (κ1) is 11.4. The SMILES string of the molecule is CC(C)Nc1c(N)cnc2ccc(I)cc12. The standard InChI is InChI=1S/C12H14IN3/c1-7(2)16-12-9-5-8(13)3-4-11(9)15-6-10(12)14/h3-7H,14H2,1-2H3,(H,15,16). The monoisotopic (exact) mass is 327 g/mol. The van der Waals surface area contributed by atoms with Crippen molar-refractivity contribution in [2.24, 2.45) is 0 Å². The summed E-state index contributed by atoms with van der Waals surface area (Å²) >= 11 is 2.29. The minimum absolute atomic E-state index is 0.353. The maximum atomic E-state index is 5.96. The molecule has 0 aliphatic carbocycles. The Hall–Kier alpha value is -1.04. The van der Waals surface area contributed by atoms with E-state index in [0.29, 0.717) is 11.7 Å². The zero-order valence-corrected chi connectivity index (χ0v) is 11.4. The molecule has 84 valence electrons. The first-order valence-corrected chi connectivity index (χ1v) is 6.26. The van der Waals surface area contributed by atoms with E-state index in [9.17, 15) is 0 Å². The van der Waals surface area contributed by atoms with E-state index in [0.717, 1.165) is 16.6 Å². The second kappa shape index (κ2) is 4.45. The van der Waals surface area contributed by atoms with Gasteiger partial charge in [-0.15, -0.1) is 0 Å². The zero-order valence-electron chi connectivity index (χ0n) is 9.29. The van der Waals surface area contributed by atoms with Gasteiger partial charge in [0.2, 0.25) is 0 Å². The van der Waals surface area contributed by atoms with E-state index in [1.165, 1.54) is 3.57 Å². The molecule has 1 aromatic heterocycles. The average molecular weight is 327 g/mol. The van der Waals surface area contributed by atoms with Crippen molar-refractivity contribution in [3.63, 3.8) is 0 Å². The summed E-state index contributed by atoms with van der Waals surface area (Å²) in [6, 6.07) is 6.52. The van der Waals surface area contributed by atoms with Crippen molar-refractivity contribution in [2.75, 3.05) is 11.1 Å². The second-order valence-corrected chi connectivity index (χ2v) is 5.29. The fraction of sp³-hybridized carbons (Fsp3) is 0.250. The summed E-state index contributed by atoms with van der Waals surface area (Å²) in [5.74, 6) is 0. The molecule has 0 bridgehead atoms.